The van der Waals surface area contributed by atoms with E-state index >= 15 is 0 Å². The Kier molecular flexibility index (Phi) is 5.73. The summed E-state index contributed by atoms with van der Waals surface area (Å²) in [6, 6.07) is 9.94. The number of carbonyl (C=O) groups excluding carboxylic acids is 2. The molecule has 3 rings (SSSR count). The zero-order valence-electron chi connectivity index (χ0n) is 16.0. The maximum Gasteiger partial charge on any atom is 0.416 e. The average molecular weight is 419 g/mol. The van der Waals surface area contributed by atoms with E-state index in [0.29, 0.717) is 5.56 Å². The number of halogens is 4. The van der Waals surface area contributed by atoms with E-state index in [2.05, 4.69) is 10.4 Å². The second-order valence-corrected chi connectivity index (χ2v) is 6.64. The van der Waals surface area contributed by atoms with Gasteiger partial charge in [-0.25, -0.2) is 9.07 Å². The summed E-state index contributed by atoms with van der Waals surface area (Å²) in [4.78, 5) is 24.9. The van der Waals surface area contributed by atoms with Crippen molar-refractivity contribution in [3.8, 4) is 5.69 Å². The molecule has 0 aliphatic heterocycles. The van der Waals surface area contributed by atoms with E-state index in [1.807, 2.05) is 0 Å². The molecule has 30 heavy (non-hydrogen) atoms. The van der Waals surface area contributed by atoms with E-state index in [1.165, 1.54) is 54.9 Å². The number of hydrogen-bond acceptors (Lipinski definition) is 3. The highest BCUT2D eigenvalue weighted by Crippen LogP contribution is 2.30. The van der Waals surface area contributed by atoms with Gasteiger partial charge in [0.2, 0.25) is 0 Å². The van der Waals surface area contributed by atoms with E-state index in [0.717, 1.165) is 12.1 Å². The number of aryl methyl sites for hydroxylation is 1. The Balaban J connectivity index is 1.83. The van der Waals surface area contributed by atoms with Crippen molar-refractivity contribution < 1.29 is 27.2 Å². The molecule has 1 amide bonds. The lowest BCUT2D eigenvalue weighted by Gasteiger charge is -2.10. The third-order valence-corrected chi connectivity index (χ3v) is 4.51. The van der Waals surface area contributed by atoms with Gasteiger partial charge in [0.05, 0.1) is 28.2 Å². The van der Waals surface area contributed by atoms with E-state index < -0.39 is 29.2 Å². The summed E-state index contributed by atoms with van der Waals surface area (Å²) in [5, 5.41) is 6.59. The largest absolute Gasteiger partial charge is 0.416 e. The average Bonchev–Trinajstić information content (AvgIpc) is 3.00. The molecule has 1 N–H and O–H groups in total. The van der Waals surface area contributed by atoms with Gasteiger partial charge in [-0.3, -0.25) is 9.59 Å². The monoisotopic (exact) mass is 419 g/mol. The fourth-order valence-corrected chi connectivity index (χ4v) is 3.02. The first-order valence-electron chi connectivity index (χ1n) is 8.88. The first-order valence-corrected chi connectivity index (χ1v) is 8.88. The van der Waals surface area contributed by atoms with Crippen LogP contribution < -0.4 is 5.32 Å². The zero-order valence-corrected chi connectivity index (χ0v) is 16.0. The quantitative estimate of drug-likeness (QED) is 0.384. The van der Waals surface area contributed by atoms with E-state index in [-0.39, 0.29) is 29.2 Å². The first kappa shape index (κ1) is 21.2. The fourth-order valence-electron chi connectivity index (χ4n) is 3.02. The van der Waals surface area contributed by atoms with Gasteiger partial charge in [-0.15, -0.1) is 0 Å². The summed E-state index contributed by atoms with van der Waals surface area (Å²) in [5.41, 5.74) is 0.351. The van der Waals surface area contributed by atoms with Crippen LogP contribution in [0.15, 0.2) is 48.5 Å². The van der Waals surface area contributed by atoms with Gasteiger partial charge < -0.3 is 5.32 Å². The first-order chi connectivity index (χ1) is 14.1. The van der Waals surface area contributed by atoms with Crippen LogP contribution in [0.1, 0.15) is 32.9 Å². The SMILES string of the molecule is Cc1nn(-c2cccc(C(F)(F)F)c2)c(C)c1C(=O)C(=O)NCc1ccc(F)cc1. The van der Waals surface area contributed by atoms with Gasteiger partial charge in [0.25, 0.3) is 11.7 Å². The Morgan fingerprint density at radius 3 is 2.37 bits per heavy atom. The number of hydrogen-bond donors (Lipinski definition) is 1. The van der Waals surface area contributed by atoms with Gasteiger partial charge in [-0.2, -0.15) is 18.3 Å². The lowest BCUT2D eigenvalue weighted by Crippen LogP contribution is -2.31. The molecule has 5 nitrogen and oxygen atoms in total. The van der Waals surface area contributed by atoms with Crippen LogP contribution in [0.5, 0.6) is 0 Å². The molecule has 3 aromatic rings. The lowest BCUT2D eigenvalue weighted by atomic mass is 10.1. The van der Waals surface area contributed by atoms with Crippen LogP contribution in [0.3, 0.4) is 0 Å². The molecule has 0 spiro atoms. The van der Waals surface area contributed by atoms with Gasteiger partial charge in [0.1, 0.15) is 5.82 Å². The van der Waals surface area contributed by atoms with Gasteiger partial charge in [-0.05, 0) is 49.7 Å². The van der Waals surface area contributed by atoms with Crippen LogP contribution in [0.4, 0.5) is 17.6 Å². The van der Waals surface area contributed by atoms with Crippen LogP contribution in [-0.2, 0) is 17.5 Å². The number of Topliss-reactive ketones (excluding diaryl/α,β-unsaturated/α-hetero) is 1. The molecule has 0 radical (unpaired) electrons. The van der Waals surface area contributed by atoms with E-state index in [1.54, 1.807) is 0 Å². The predicted molar refractivity (Wildman–Crippen MR) is 101 cm³/mol. The third kappa shape index (κ3) is 4.40. The standard InChI is InChI=1S/C21H17F4N3O2/c1-12-18(19(29)20(30)26-11-14-6-8-16(22)9-7-14)13(2)28(27-12)17-5-3-4-15(10-17)21(23,24)25/h3-10H,11H2,1-2H3,(H,26,30). The minimum absolute atomic E-state index is 0.0176. The van der Waals surface area contributed by atoms with Crippen LogP contribution in [0, 0.1) is 19.7 Å². The second-order valence-electron chi connectivity index (χ2n) is 6.64. The highest BCUT2D eigenvalue weighted by molar-refractivity contribution is 6.43. The van der Waals surface area contributed by atoms with Gasteiger partial charge in [-0.1, -0.05) is 18.2 Å². The summed E-state index contributed by atoms with van der Waals surface area (Å²) < 4.78 is 53.1. The van der Waals surface area contributed by atoms with Crippen molar-refractivity contribution in [1.82, 2.24) is 15.1 Å². The van der Waals surface area contributed by atoms with Gasteiger partial charge in [0.15, 0.2) is 0 Å². The van der Waals surface area contributed by atoms with Crippen molar-refractivity contribution in [2.24, 2.45) is 0 Å². The van der Waals surface area contributed by atoms with E-state index in [4.69, 9.17) is 0 Å². The van der Waals surface area contributed by atoms with E-state index in [9.17, 15) is 27.2 Å². The number of rotatable bonds is 5. The van der Waals surface area contributed by atoms with Crippen molar-refractivity contribution in [2.45, 2.75) is 26.6 Å². The molecule has 156 valence electrons. The number of carbonyl (C=O) groups is 2. The molecule has 0 saturated carbocycles. The summed E-state index contributed by atoms with van der Waals surface area (Å²) in [6.07, 6.45) is -4.52. The number of ketones is 1. The van der Waals surface area contributed by atoms with Crippen molar-refractivity contribution in [2.75, 3.05) is 0 Å². The minimum Gasteiger partial charge on any atom is -0.345 e. The molecule has 9 heteroatoms. The zero-order chi connectivity index (χ0) is 22.1. The van der Waals surface area contributed by atoms with Crippen molar-refractivity contribution >= 4 is 11.7 Å². The van der Waals surface area contributed by atoms with Crippen molar-refractivity contribution in [3.05, 3.63) is 82.4 Å². The summed E-state index contributed by atoms with van der Waals surface area (Å²) in [6.45, 7) is 3.02. The molecule has 2 aromatic carbocycles. The Hall–Kier alpha value is -3.49. The molecule has 0 unspecified atom stereocenters. The Morgan fingerprint density at radius 1 is 1.07 bits per heavy atom. The Morgan fingerprint density at radius 2 is 1.73 bits per heavy atom. The molecular formula is C21H17F4N3O2. The molecular weight excluding hydrogens is 402 g/mol. The van der Waals surface area contributed by atoms with Crippen LogP contribution in [0.25, 0.3) is 5.69 Å². The number of nitrogens with zero attached hydrogens (tertiary/aromatic N) is 2. The van der Waals surface area contributed by atoms with Gasteiger partial charge >= 0.3 is 6.18 Å². The molecule has 0 aliphatic carbocycles. The van der Waals surface area contributed by atoms with Crippen molar-refractivity contribution in [3.63, 3.8) is 0 Å². The highest BCUT2D eigenvalue weighted by atomic mass is 19.4. The minimum atomic E-state index is -4.52. The van der Waals surface area contributed by atoms with Crippen LogP contribution >= 0.6 is 0 Å². The summed E-state index contributed by atoms with van der Waals surface area (Å²) in [7, 11) is 0. The van der Waals surface area contributed by atoms with Gasteiger partial charge in [0, 0.05) is 6.54 Å². The summed E-state index contributed by atoms with van der Waals surface area (Å²) >= 11 is 0. The Bertz CT molecular complexity index is 1100. The Labute approximate surface area is 169 Å². The number of amides is 1. The topological polar surface area (TPSA) is 64.0 Å². The summed E-state index contributed by atoms with van der Waals surface area (Å²) in [5.74, 6) is -2.17. The molecule has 0 aliphatic rings. The second kappa shape index (κ2) is 8.10. The highest BCUT2D eigenvalue weighted by Gasteiger charge is 2.31. The van der Waals surface area contributed by atoms with Crippen LogP contribution in [-0.4, -0.2) is 21.5 Å². The predicted octanol–water partition coefficient (Wildman–Crippen LogP) is 4.15. The molecule has 0 bridgehead atoms. The number of aromatic nitrogens is 2. The number of nitrogens with one attached hydrogen (secondary N) is 1. The smallest absolute Gasteiger partial charge is 0.345 e. The van der Waals surface area contributed by atoms with Crippen LogP contribution in [0.2, 0.25) is 0 Å². The number of benzene rings is 2. The lowest BCUT2D eigenvalue weighted by molar-refractivity contribution is -0.137. The molecule has 0 atom stereocenters. The molecule has 1 aromatic heterocycles. The molecule has 1 heterocycles. The van der Waals surface area contributed by atoms with Crippen molar-refractivity contribution in [1.29, 1.82) is 0 Å². The third-order valence-electron chi connectivity index (χ3n) is 4.51. The maximum absolute atomic E-state index is 13.0. The maximum atomic E-state index is 13.0. The molecule has 0 fully saturated rings. The number of alkyl halides is 3. The normalized spacial score (nSPS) is 11.4. The molecule has 0 saturated heterocycles. The fraction of sp³-hybridized carbons (Fsp3) is 0.190.